The second kappa shape index (κ2) is 10.8. The van der Waals surface area contributed by atoms with Gasteiger partial charge in [0, 0.05) is 19.3 Å². The molecule has 0 spiro atoms. The molecular formula is C28H28F3N3O4S. The Balaban J connectivity index is 1.49. The summed E-state index contributed by atoms with van der Waals surface area (Å²) >= 11 is 0. The number of alkyl halides is 3. The largest absolute Gasteiger partial charge is 0.416 e. The van der Waals surface area contributed by atoms with Gasteiger partial charge in [-0.3, -0.25) is 14.6 Å². The molecule has 0 saturated carbocycles. The van der Waals surface area contributed by atoms with Crippen molar-refractivity contribution < 1.29 is 31.2 Å². The van der Waals surface area contributed by atoms with Crippen molar-refractivity contribution in [3.05, 3.63) is 94.3 Å². The van der Waals surface area contributed by atoms with Crippen molar-refractivity contribution >= 4 is 21.7 Å². The molecular weight excluding hydrogens is 531 g/mol. The van der Waals surface area contributed by atoms with Crippen molar-refractivity contribution in [3.63, 3.8) is 0 Å². The minimum atomic E-state index is -4.45. The Labute approximate surface area is 225 Å². The van der Waals surface area contributed by atoms with Crippen LogP contribution in [-0.4, -0.2) is 35.9 Å². The Morgan fingerprint density at radius 3 is 2.23 bits per heavy atom. The van der Waals surface area contributed by atoms with Crippen LogP contribution in [0, 0.1) is 5.92 Å². The number of carbonyl (C=O) groups excluding carboxylic acids is 2. The van der Waals surface area contributed by atoms with Crippen molar-refractivity contribution in [2.24, 2.45) is 5.92 Å². The maximum Gasteiger partial charge on any atom is 0.416 e. The van der Waals surface area contributed by atoms with E-state index in [1.165, 1.54) is 36.5 Å². The first kappa shape index (κ1) is 28.3. The smallest absolute Gasteiger partial charge is 0.348 e. The molecule has 0 fully saturated rings. The van der Waals surface area contributed by atoms with Crippen LogP contribution >= 0.6 is 0 Å². The summed E-state index contributed by atoms with van der Waals surface area (Å²) in [4.78, 5) is 32.4. The van der Waals surface area contributed by atoms with E-state index in [2.05, 4.69) is 10.3 Å². The molecule has 0 aliphatic carbocycles. The number of nitrogens with zero attached hydrogens (tertiary/aromatic N) is 2. The molecule has 11 heteroatoms. The van der Waals surface area contributed by atoms with Crippen LogP contribution in [0.1, 0.15) is 69.9 Å². The second-order valence-corrected chi connectivity index (χ2v) is 12.0. The van der Waals surface area contributed by atoms with E-state index in [1.807, 2.05) is 13.8 Å². The number of carbonyl (C=O) groups is 2. The Bertz CT molecular complexity index is 1490. The quantitative estimate of drug-likeness (QED) is 0.411. The normalized spacial score (nSPS) is 15.5. The fraction of sp³-hybridized carbons (Fsp3) is 0.321. The van der Waals surface area contributed by atoms with E-state index in [4.69, 9.17) is 0 Å². The molecule has 1 atom stereocenters. The highest BCUT2D eigenvalue weighted by atomic mass is 32.2. The minimum Gasteiger partial charge on any atom is -0.348 e. The molecule has 1 aromatic heterocycles. The third-order valence-electron chi connectivity index (χ3n) is 6.67. The first-order valence-electron chi connectivity index (χ1n) is 12.4. The molecule has 1 N–H and O–H groups in total. The molecule has 4 rings (SSSR count). The Morgan fingerprint density at radius 2 is 1.67 bits per heavy atom. The molecule has 1 aliphatic heterocycles. The van der Waals surface area contributed by atoms with Gasteiger partial charge in [-0.25, -0.2) is 8.42 Å². The van der Waals surface area contributed by atoms with Gasteiger partial charge in [-0.2, -0.15) is 13.2 Å². The maximum atomic E-state index is 13.4. The predicted octanol–water partition coefficient (Wildman–Crippen LogP) is 5.18. The van der Waals surface area contributed by atoms with Crippen molar-refractivity contribution in [2.75, 3.05) is 5.75 Å². The van der Waals surface area contributed by atoms with Gasteiger partial charge in [-0.05, 0) is 47.4 Å². The van der Waals surface area contributed by atoms with Crippen molar-refractivity contribution in [2.45, 2.75) is 51.0 Å². The average Bonchev–Trinajstić information content (AvgIpc) is 3.18. The highest BCUT2D eigenvalue weighted by molar-refractivity contribution is 7.91. The molecule has 0 saturated heterocycles. The number of nitrogens with one attached hydrogen (secondary N) is 1. The lowest BCUT2D eigenvalue weighted by atomic mass is 9.99. The molecule has 3 aromatic rings. The number of pyridine rings is 1. The summed E-state index contributed by atoms with van der Waals surface area (Å²) < 4.78 is 62.7. The standard InChI is InChI=1S/C28H28F3N3O4S/c1-4-39(37,38)22-11-7-18(8-12-22)14-33-26(35)20-13-23-24(32-15-20)25(17(2)3)34(27(23)36)16-19-5-9-21(10-6-19)28(29,30)31/h5-13,15,17,25H,4,14,16H2,1-3H3,(H,33,35). The van der Waals surface area contributed by atoms with Crippen LogP contribution in [0.2, 0.25) is 0 Å². The number of hydrogen-bond acceptors (Lipinski definition) is 5. The number of rotatable bonds is 8. The zero-order chi connectivity index (χ0) is 28.5. The number of benzene rings is 2. The monoisotopic (exact) mass is 559 g/mol. The molecule has 1 unspecified atom stereocenters. The number of hydrogen-bond donors (Lipinski definition) is 1. The van der Waals surface area contributed by atoms with Gasteiger partial charge in [0.1, 0.15) is 0 Å². The fourth-order valence-electron chi connectivity index (χ4n) is 4.54. The summed E-state index contributed by atoms with van der Waals surface area (Å²) in [5, 5.41) is 2.75. The van der Waals surface area contributed by atoms with Crippen LogP contribution in [-0.2, 0) is 29.1 Å². The average molecular weight is 560 g/mol. The van der Waals surface area contributed by atoms with Gasteiger partial charge in [0.15, 0.2) is 9.84 Å². The molecule has 0 bridgehead atoms. The SMILES string of the molecule is CCS(=O)(=O)c1ccc(CNC(=O)c2cnc3c(c2)C(=O)N(Cc2ccc(C(F)(F)F)cc2)C3C(C)C)cc1. The predicted molar refractivity (Wildman–Crippen MR) is 138 cm³/mol. The summed E-state index contributed by atoms with van der Waals surface area (Å²) in [5.41, 5.74) is 1.47. The van der Waals surface area contributed by atoms with Gasteiger partial charge in [-0.15, -0.1) is 0 Å². The number of amides is 2. The first-order chi connectivity index (χ1) is 18.3. The lowest BCUT2D eigenvalue weighted by molar-refractivity contribution is -0.137. The highest BCUT2D eigenvalue weighted by Crippen LogP contribution is 2.39. The lowest BCUT2D eigenvalue weighted by Gasteiger charge is -2.28. The van der Waals surface area contributed by atoms with Crippen molar-refractivity contribution in [3.8, 4) is 0 Å². The van der Waals surface area contributed by atoms with Crippen LogP contribution in [0.3, 0.4) is 0 Å². The van der Waals surface area contributed by atoms with E-state index in [-0.39, 0.29) is 46.7 Å². The molecule has 1 aliphatic rings. The Morgan fingerprint density at radius 1 is 1.05 bits per heavy atom. The number of sulfone groups is 1. The number of fused-ring (bicyclic) bond motifs is 1. The summed E-state index contributed by atoms with van der Waals surface area (Å²) in [6.07, 6.45) is -3.05. The van der Waals surface area contributed by atoms with Crippen LogP contribution in [0.25, 0.3) is 0 Å². The van der Waals surface area contributed by atoms with E-state index < -0.39 is 33.5 Å². The summed E-state index contributed by atoms with van der Waals surface area (Å²) in [6, 6.07) is 12.0. The number of aromatic nitrogens is 1. The fourth-order valence-corrected chi connectivity index (χ4v) is 5.43. The third kappa shape index (κ3) is 5.98. The molecule has 2 amide bonds. The molecule has 206 valence electrons. The Kier molecular flexibility index (Phi) is 7.83. The molecule has 2 aromatic carbocycles. The number of halogens is 3. The van der Waals surface area contributed by atoms with Crippen molar-refractivity contribution in [1.82, 2.24) is 15.2 Å². The zero-order valence-electron chi connectivity index (χ0n) is 21.6. The van der Waals surface area contributed by atoms with Gasteiger partial charge in [0.25, 0.3) is 11.8 Å². The molecule has 7 nitrogen and oxygen atoms in total. The minimum absolute atomic E-state index is 0.00738. The van der Waals surface area contributed by atoms with Crippen LogP contribution < -0.4 is 5.32 Å². The van der Waals surface area contributed by atoms with Crippen LogP contribution in [0.5, 0.6) is 0 Å². The molecule has 0 radical (unpaired) electrons. The third-order valence-corrected chi connectivity index (χ3v) is 8.42. The van der Waals surface area contributed by atoms with Crippen molar-refractivity contribution in [1.29, 1.82) is 0 Å². The topological polar surface area (TPSA) is 96.4 Å². The zero-order valence-corrected chi connectivity index (χ0v) is 22.4. The molecule has 2 heterocycles. The summed E-state index contributed by atoms with van der Waals surface area (Å²) in [6.45, 7) is 5.65. The molecule has 39 heavy (non-hydrogen) atoms. The van der Waals surface area contributed by atoms with Gasteiger partial charge in [-0.1, -0.05) is 45.0 Å². The lowest BCUT2D eigenvalue weighted by Crippen LogP contribution is -2.30. The van der Waals surface area contributed by atoms with Gasteiger partial charge in [0.05, 0.1) is 39.1 Å². The van der Waals surface area contributed by atoms with E-state index in [0.717, 1.165) is 12.1 Å². The maximum absolute atomic E-state index is 13.4. The van der Waals surface area contributed by atoms with E-state index in [1.54, 1.807) is 24.0 Å². The summed E-state index contributed by atoms with van der Waals surface area (Å²) in [5.74, 6) is -0.840. The van der Waals surface area contributed by atoms with E-state index >= 15 is 0 Å². The van der Waals surface area contributed by atoms with E-state index in [0.29, 0.717) is 16.8 Å². The van der Waals surface area contributed by atoms with Gasteiger partial charge < -0.3 is 10.2 Å². The van der Waals surface area contributed by atoms with Gasteiger partial charge >= 0.3 is 6.18 Å². The highest BCUT2D eigenvalue weighted by Gasteiger charge is 2.40. The van der Waals surface area contributed by atoms with E-state index in [9.17, 15) is 31.2 Å². The van der Waals surface area contributed by atoms with Crippen LogP contribution in [0.4, 0.5) is 13.2 Å². The summed E-state index contributed by atoms with van der Waals surface area (Å²) in [7, 11) is -3.32. The Hall–Kier alpha value is -3.73. The first-order valence-corrected chi connectivity index (χ1v) is 14.0. The van der Waals surface area contributed by atoms with Crippen LogP contribution in [0.15, 0.2) is 65.7 Å². The second-order valence-electron chi connectivity index (χ2n) is 9.70. The van der Waals surface area contributed by atoms with Gasteiger partial charge in [0.2, 0.25) is 0 Å².